The Morgan fingerprint density at radius 3 is 2.57 bits per heavy atom. The van der Waals surface area contributed by atoms with Crippen LogP contribution in [-0.4, -0.2) is 34.1 Å². The molecule has 1 aliphatic rings. The molecule has 0 unspecified atom stereocenters. The Balaban J connectivity index is 1.45. The summed E-state index contributed by atoms with van der Waals surface area (Å²) in [4.78, 5) is 25.2. The van der Waals surface area contributed by atoms with E-state index in [-0.39, 0.29) is 12.6 Å². The van der Waals surface area contributed by atoms with Crippen molar-refractivity contribution in [3.8, 4) is 11.4 Å². The van der Waals surface area contributed by atoms with Crippen LogP contribution in [0.15, 0.2) is 54.6 Å². The second-order valence-electron chi connectivity index (χ2n) is 6.88. The summed E-state index contributed by atoms with van der Waals surface area (Å²) < 4.78 is 7.50. The predicted octanol–water partition coefficient (Wildman–Crippen LogP) is 2.79. The number of hydrogen-bond donors (Lipinski definition) is 1. The van der Waals surface area contributed by atoms with Gasteiger partial charge in [-0.25, -0.2) is 4.68 Å². The van der Waals surface area contributed by atoms with E-state index >= 15 is 0 Å². The van der Waals surface area contributed by atoms with Crippen molar-refractivity contribution in [3.63, 3.8) is 0 Å². The fourth-order valence-electron chi connectivity index (χ4n) is 3.56. The number of nitrogens with zero attached hydrogens (tertiary/aromatic N) is 2. The monoisotopic (exact) mass is 375 g/mol. The maximum absolute atomic E-state index is 12.7. The highest BCUT2D eigenvalue weighted by atomic mass is 16.5. The van der Waals surface area contributed by atoms with E-state index in [0.717, 1.165) is 17.0 Å². The molecule has 0 aliphatic carbocycles. The highest BCUT2D eigenvalue weighted by Gasteiger charge is 2.27. The van der Waals surface area contributed by atoms with Crippen LogP contribution in [0.2, 0.25) is 0 Å². The van der Waals surface area contributed by atoms with Gasteiger partial charge in [0.25, 0.3) is 11.7 Å². The molecule has 1 aromatic heterocycles. The number of para-hydroxylation sites is 2. The summed E-state index contributed by atoms with van der Waals surface area (Å²) in [5.74, 6) is -0.380. The smallest absolute Gasteiger partial charge is 0.292 e. The first kappa shape index (κ1) is 18.0. The fourth-order valence-corrected chi connectivity index (χ4v) is 3.56. The van der Waals surface area contributed by atoms with E-state index in [0.29, 0.717) is 23.4 Å². The average Bonchev–Trinajstić information content (AvgIpc) is 3.26. The van der Waals surface area contributed by atoms with Gasteiger partial charge in [0, 0.05) is 6.42 Å². The highest BCUT2D eigenvalue weighted by molar-refractivity contribution is 6.43. The Morgan fingerprint density at radius 2 is 1.82 bits per heavy atom. The summed E-state index contributed by atoms with van der Waals surface area (Å²) >= 11 is 0. The van der Waals surface area contributed by atoms with E-state index in [1.54, 1.807) is 18.5 Å². The molecular weight excluding hydrogens is 354 g/mol. The van der Waals surface area contributed by atoms with Gasteiger partial charge in [-0.05, 0) is 37.6 Å². The minimum Gasteiger partial charge on any atom is -0.488 e. The van der Waals surface area contributed by atoms with Crippen LogP contribution in [0.25, 0.3) is 5.69 Å². The summed E-state index contributed by atoms with van der Waals surface area (Å²) in [5.41, 5.74) is 3.49. The van der Waals surface area contributed by atoms with Crippen LogP contribution < -0.4 is 10.1 Å². The number of ketones is 1. The van der Waals surface area contributed by atoms with Crippen LogP contribution in [0.3, 0.4) is 0 Å². The van der Waals surface area contributed by atoms with Gasteiger partial charge in [0.05, 0.1) is 29.2 Å². The van der Waals surface area contributed by atoms with Crippen molar-refractivity contribution < 1.29 is 14.3 Å². The summed E-state index contributed by atoms with van der Waals surface area (Å²) in [6, 6.07) is 17.3. The molecule has 1 amide bonds. The number of amides is 1. The second kappa shape index (κ2) is 7.31. The van der Waals surface area contributed by atoms with Crippen LogP contribution in [0.4, 0.5) is 0 Å². The molecule has 0 spiro atoms. The van der Waals surface area contributed by atoms with Gasteiger partial charge in [-0.15, -0.1) is 0 Å². The van der Waals surface area contributed by atoms with E-state index in [1.165, 1.54) is 0 Å². The first-order chi connectivity index (χ1) is 13.5. The lowest BCUT2D eigenvalue weighted by Gasteiger charge is -2.11. The summed E-state index contributed by atoms with van der Waals surface area (Å²) in [7, 11) is 0. The molecule has 3 aromatic rings. The van der Waals surface area contributed by atoms with Crippen molar-refractivity contribution in [2.24, 2.45) is 0 Å². The number of Topliss-reactive ketones (excluding diaryl/α,β-unsaturated/α-hetero) is 1. The van der Waals surface area contributed by atoms with Gasteiger partial charge < -0.3 is 10.1 Å². The third kappa shape index (κ3) is 3.29. The van der Waals surface area contributed by atoms with E-state index in [2.05, 4.69) is 10.4 Å². The van der Waals surface area contributed by atoms with Gasteiger partial charge in [0.2, 0.25) is 0 Å². The van der Waals surface area contributed by atoms with Gasteiger partial charge >= 0.3 is 0 Å². The van der Waals surface area contributed by atoms with Crippen molar-refractivity contribution in [1.82, 2.24) is 15.1 Å². The molecule has 142 valence electrons. The maximum atomic E-state index is 12.7. The third-order valence-corrected chi connectivity index (χ3v) is 4.93. The predicted molar refractivity (Wildman–Crippen MR) is 105 cm³/mol. The molecule has 0 fully saturated rings. The van der Waals surface area contributed by atoms with Crippen molar-refractivity contribution >= 4 is 11.7 Å². The molecule has 4 rings (SSSR count). The number of carbonyl (C=O) groups is 2. The van der Waals surface area contributed by atoms with Gasteiger partial charge in [-0.2, -0.15) is 5.10 Å². The van der Waals surface area contributed by atoms with Crippen LogP contribution in [0, 0.1) is 13.8 Å². The lowest BCUT2D eigenvalue weighted by molar-refractivity contribution is -0.117. The number of nitrogens with one attached hydrogen (secondary N) is 1. The highest BCUT2D eigenvalue weighted by Crippen LogP contribution is 2.27. The molecule has 6 nitrogen and oxygen atoms in total. The number of aromatic nitrogens is 2. The molecule has 0 radical (unpaired) electrons. The normalized spacial score (nSPS) is 15.0. The average molecular weight is 375 g/mol. The molecule has 28 heavy (non-hydrogen) atoms. The maximum Gasteiger partial charge on any atom is 0.292 e. The second-order valence-corrected chi connectivity index (χ2v) is 6.88. The largest absolute Gasteiger partial charge is 0.488 e. The summed E-state index contributed by atoms with van der Waals surface area (Å²) in [5, 5.41) is 7.15. The Morgan fingerprint density at radius 1 is 1.11 bits per heavy atom. The van der Waals surface area contributed by atoms with Crippen molar-refractivity contribution in [2.45, 2.75) is 26.4 Å². The third-order valence-electron chi connectivity index (χ3n) is 4.93. The molecule has 0 bridgehead atoms. The minimum absolute atomic E-state index is 0.164. The molecule has 1 N–H and O–H groups in total. The van der Waals surface area contributed by atoms with Crippen molar-refractivity contribution in [1.29, 1.82) is 0 Å². The molecule has 6 heteroatoms. The van der Waals surface area contributed by atoms with Crippen LogP contribution in [0.1, 0.15) is 27.3 Å². The zero-order valence-corrected chi connectivity index (χ0v) is 15.8. The van der Waals surface area contributed by atoms with Crippen molar-refractivity contribution in [3.05, 3.63) is 77.1 Å². The Labute approximate surface area is 163 Å². The zero-order chi connectivity index (χ0) is 19.7. The summed E-state index contributed by atoms with van der Waals surface area (Å²) in [6.07, 6.45) is 0.553. The number of rotatable bonds is 5. The molecule has 2 heterocycles. The topological polar surface area (TPSA) is 73.2 Å². The first-order valence-corrected chi connectivity index (χ1v) is 9.23. The van der Waals surface area contributed by atoms with Crippen LogP contribution in [-0.2, 0) is 11.2 Å². The standard InChI is InChI=1S/C22H21N3O3/c1-14-20(15(2)25(24-14)17-9-4-3-5-10-17)21(26)22(27)23-13-18-12-16-8-6-7-11-19(16)28-18/h3-11,18H,12-13H2,1-2H3,(H,23,27)/t18-/m0/s1. The van der Waals surface area contributed by atoms with E-state index in [9.17, 15) is 9.59 Å². The van der Waals surface area contributed by atoms with Gasteiger partial charge in [-0.1, -0.05) is 36.4 Å². The SMILES string of the molecule is Cc1nn(-c2ccccc2)c(C)c1C(=O)C(=O)NC[C@@H]1Cc2ccccc2O1. The van der Waals surface area contributed by atoms with Gasteiger partial charge in [0.15, 0.2) is 0 Å². The number of fused-ring (bicyclic) bond motifs is 1. The van der Waals surface area contributed by atoms with E-state index < -0.39 is 11.7 Å². The fraction of sp³-hybridized carbons (Fsp3) is 0.227. The first-order valence-electron chi connectivity index (χ1n) is 9.23. The molecule has 0 saturated carbocycles. The lowest BCUT2D eigenvalue weighted by Crippen LogP contribution is -2.38. The Bertz CT molecular complexity index is 1020. The summed E-state index contributed by atoms with van der Waals surface area (Å²) in [6.45, 7) is 3.82. The van der Waals surface area contributed by atoms with Crippen LogP contribution >= 0.6 is 0 Å². The molecule has 1 atom stereocenters. The minimum atomic E-state index is -0.640. The quantitative estimate of drug-likeness (QED) is 0.550. The Kier molecular flexibility index (Phi) is 4.69. The van der Waals surface area contributed by atoms with Crippen molar-refractivity contribution in [2.75, 3.05) is 6.54 Å². The number of carbonyl (C=O) groups excluding carboxylic acids is 2. The Hall–Kier alpha value is -3.41. The zero-order valence-electron chi connectivity index (χ0n) is 15.8. The number of hydrogen-bond acceptors (Lipinski definition) is 4. The van der Waals surface area contributed by atoms with E-state index in [1.807, 2.05) is 54.6 Å². The van der Waals surface area contributed by atoms with Gasteiger partial charge in [0.1, 0.15) is 11.9 Å². The molecule has 2 aromatic carbocycles. The van der Waals surface area contributed by atoms with Crippen LogP contribution in [0.5, 0.6) is 5.75 Å². The lowest BCUT2D eigenvalue weighted by atomic mass is 10.1. The molecule has 1 aliphatic heterocycles. The number of benzene rings is 2. The molecule has 0 saturated heterocycles. The van der Waals surface area contributed by atoms with E-state index in [4.69, 9.17) is 4.74 Å². The molecular formula is C22H21N3O3. The number of ether oxygens (including phenoxy) is 1. The van der Waals surface area contributed by atoms with Gasteiger partial charge in [-0.3, -0.25) is 9.59 Å². The number of aryl methyl sites for hydroxylation is 1.